The van der Waals surface area contributed by atoms with Crippen molar-refractivity contribution in [1.29, 1.82) is 0 Å². The molecule has 0 spiro atoms. The van der Waals surface area contributed by atoms with Crippen LogP contribution in [0.5, 0.6) is 0 Å². The summed E-state index contributed by atoms with van der Waals surface area (Å²) < 4.78 is 0. The van der Waals surface area contributed by atoms with E-state index in [4.69, 9.17) is 0 Å². The minimum absolute atomic E-state index is 0.0112. The molecule has 3 unspecified atom stereocenters. The number of nitrogens with one attached hydrogen (secondary N) is 2. The molecule has 4 heteroatoms. The van der Waals surface area contributed by atoms with E-state index in [0.29, 0.717) is 35.4 Å². The Balaban J connectivity index is 1.66. The molecule has 0 bridgehead atoms. The highest BCUT2D eigenvalue weighted by molar-refractivity contribution is 5.92. The maximum absolute atomic E-state index is 12.5. The lowest BCUT2D eigenvalue weighted by Gasteiger charge is -2.37. The lowest BCUT2D eigenvalue weighted by molar-refractivity contribution is 0.0863. The van der Waals surface area contributed by atoms with Crippen molar-refractivity contribution in [2.75, 3.05) is 0 Å². The van der Waals surface area contributed by atoms with Crippen LogP contribution in [0.15, 0.2) is 6.07 Å². The van der Waals surface area contributed by atoms with Crippen molar-refractivity contribution in [1.82, 2.24) is 15.5 Å². The van der Waals surface area contributed by atoms with Crippen molar-refractivity contribution >= 4 is 5.91 Å². The highest BCUT2D eigenvalue weighted by Crippen LogP contribution is 2.39. The molecule has 2 saturated carbocycles. The van der Waals surface area contributed by atoms with Gasteiger partial charge in [-0.1, -0.05) is 27.2 Å². The van der Waals surface area contributed by atoms with E-state index in [1.807, 2.05) is 6.07 Å². The maximum atomic E-state index is 12.5. The summed E-state index contributed by atoms with van der Waals surface area (Å²) in [6, 6.07) is 2.23. The summed E-state index contributed by atoms with van der Waals surface area (Å²) >= 11 is 0. The first-order valence-electron chi connectivity index (χ1n) is 8.40. The van der Waals surface area contributed by atoms with Gasteiger partial charge < -0.3 is 5.32 Å². The number of rotatable bonds is 4. The number of carbonyl (C=O) groups is 1. The summed E-state index contributed by atoms with van der Waals surface area (Å²) in [5, 5.41) is 10.5. The Bertz CT molecular complexity index is 504. The number of H-pyrrole nitrogens is 1. The molecule has 4 nitrogen and oxygen atoms in total. The number of hydrogen-bond acceptors (Lipinski definition) is 2. The lowest BCUT2D eigenvalue weighted by atomic mass is 9.74. The SMILES string of the molecule is CC1CCC(C(C)C)C(NC(=O)c2cc(C3CC3)[nH]n2)C1. The molecule has 21 heavy (non-hydrogen) atoms. The van der Waals surface area contributed by atoms with Gasteiger partial charge >= 0.3 is 0 Å². The van der Waals surface area contributed by atoms with Crippen LogP contribution in [0.4, 0.5) is 0 Å². The Morgan fingerprint density at radius 3 is 2.76 bits per heavy atom. The molecule has 2 aliphatic carbocycles. The highest BCUT2D eigenvalue weighted by Gasteiger charge is 2.32. The normalized spacial score (nSPS) is 29.6. The van der Waals surface area contributed by atoms with E-state index in [1.54, 1.807) is 0 Å². The third-order valence-corrected chi connectivity index (χ3v) is 5.19. The van der Waals surface area contributed by atoms with Gasteiger partial charge in [0.05, 0.1) is 0 Å². The number of aromatic nitrogens is 2. The number of hydrogen-bond donors (Lipinski definition) is 2. The summed E-state index contributed by atoms with van der Waals surface area (Å²) in [6.07, 6.45) is 6.03. The molecule has 116 valence electrons. The first kappa shape index (κ1) is 14.6. The smallest absolute Gasteiger partial charge is 0.272 e. The molecule has 1 aromatic heterocycles. The second-order valence-corrected chi connectivity index (χ2v) is 7.39. The van der Waals surface area contributed by atoms with Crippen LogP contribution in [-0.4, -0.2) is 22.1 Å². The number of nitrogens with zero attached hydrogens (tertiary/aromatic N) is 1. The highest BCUT2D eigenvalue weighted by atomic mass is 16.2. The molecular weight excluding hydrogens is 262 g/mol. The van der Waals surface area contributed by atoms with Gasteiger partial charge in [0.1, 0.15) is 5.69 Å². The molecular formula is C17H27N3O. The number of amides is 1. The zero-order valence-corrected chi connectivity index (χ0v) is 13.4. The minimum Gasteiger partial charge on any atom is -0.348 e. The monoisotopic (exact) mass is 289 g/mol. The van der Waals surface area contributed by atoms with Crippen LogP contribution in [0.25, 0.3) is 0 Å². The van der Waals surface area contributed by atoms with E-state index < -0.39 is 0 Å². The third kappa shape index (κ3) is 3.30. The van der Waals surface area contributed by atoms with Gasteiger partial charge in [-0.3, -0.25) is 9.89 Å². The van der Waals surface area contributed by atoms with Gasteiger partial charge in [-0.05, 0) is 49.5 Å². The van der Waals surface area contributed by atoms with Gasteiger partial charge in [-0.2, -0.15) is 5.10 Å². The zero-order valence-electron chi connectivity index (χ0n) is 13.4. The Labute approximate surface area is 127 Å². The Morgan fingerprint density at radius 2 is 2.10 bits per heavy atom. The summed E-state index contributed by atoms with van der Waals surface area (Å²) in [5.74, 6) is 2.50. The average Bonchev–Trinajstić information content (AvgIpc) is 3.16. The van der Waals surface area contributed by atoms with E-state index in [-0.39, 0.29) is 5.91 Å². The maximum Gasteiger partial charge on any atom is 0.272 e. The van der Waals surface area contributed by atoms with Crippen molar-refractivity contribution in [3.63, 3.8) is 0 Å². The van der Waals surface area contributed by atoms with Crippen LogP contribution in [0.2, 0.25) is 0 Å². The van der Waals surface area contributed by atoms with Gasteiger partial charge in [-0.25, -0.2) is 0 Å². The number of carbonyl (C=O) groups excluding carboxylic acids is 1. The molecule has 0 saturated heterocycles. The predicted molar refractivity (Wildman–Crippen MR) is 83.2 cm³/mol. The van der Waals surface area contributed by atoms with Gasteiger partial charge in [0, 0.05) is 17.7 Å². The molecule has 2 aliphatic rings. The molecule has 0 radical (unpaired) electrons. The molecule has 2 N–H and O–H groups in total. The van der Waals surface area contributed by atoms with E-state index in [9.17, 15) is 4.79 Å². The van der Waals surface area contributed by atoms with Crippen molar-refractivity contribution in [2.24, 2.45) is 17.8 Å². The fraction of sp³-hybridized carbons (Fsp3) is 0.765. The second kappa shape index (κ2) is 5.82. The van der Waals surface area contributed by atoms with Gasteiger partial charge in [0.2, 0.25) is 0 Å². The fourth-order valence-electron chi connectivity index (χ4n) is 3.67. The van der Waals surface area contributed by atoms with Crippen LogP contribution in [0, 0.1) is 17.8 Å². The third-order valence-electron chi connectivity index (χ3n) is 5.19. The first-order valence-corrected chi connectivity index (χ1v) is 8.40. The zero-order chi connectivity index (χ0) is 15.0. The van der Waals surface area contributed by atoms with Crippen molar-refractivity contribution in [2.45, 2.75) is 64.8 Å². The molecule has 3 atom stereocenters. The fourth-order valence-corrected chi connectivity index (χ4v) is 3.67. The second-order valence-electron chi connectivity index (χ2n) is 7.39. The van der Waals surface area contributed by atoms with E-state index in [1.165, 1.54) is 25.7 Å². The Hall–Kier alpha value is -1.32. The minimum atomic E-state index is -0.0112. The average molecular weight is 289 g/mol. The van der Waals surface area contributed by atoms with Crippen molar-refractivity contribution < 1.29 is 4.79 Å². The molecule has 0 aromatic carbocycles. The van der Waals surface area contributed by atoms with Crippen LogP contribution in [0.1, 0.15) is 75.0 Å². The Morgan fingerprint density at radius 1 is 1.33 bits per heavy atom. The van der Waals surface area contributed by atoms with Crippen molar-refractivity contribution in [3.8, 4) is 0 Å². The lowest BCUT2D eigenvalue weighted by Crippen LogP contribution is -2.45. The molecule has 1 aromatic rings. The molecule has 2 fully saturated rings. The van der Waals surface area contributed by atoms with E-state index >= 15 is 0 Å². The van der Waals surface area contributed by atoms with Crippen LogP contribution < -0.4 is 5.32 Å². The quantitative estimate of drug-likeness (QED) is 0.891. The summed E-state index contributed by atoms with van der Waals surface area (Å²) in [5.41, 5.74) is 1.68. The molecule has 3 rings (SSSR count). The molecule has 1 amide bonds. The van der Waals surface area contributed by atoms with Gasteiger partial charge in [0.15, 0.2) is 0 Å². The largest absolute Gasteiger partial charge is 0.348 e. The summed E-state index contributed by atoms with van der Waals surface area (Å²) in [7, 11) is 0. The van der Waals surface area contributed by atoms with Crippen LogP contribution in [-0.2, 0) is 0 Å². The number of aromatic amines is 1. The Kier molecular flexibility index (Phi) is 4.05. The first-order chi connectivity index (χ1) is 10.0. The van der Waals surface area contributed by atoms with Crippen LogP contribution in [0.3, 0.4) is 0 Å². The summed E-state index contributed by atoms with van der Waals surface area (Å²) in [6.45, 7) is 6.81. The predicted octanol–water partition coefficient (Wildman–Crippen LogP) is 3.48. The van der Waals surface area contributed by atoms with Crippen molar-refractivity contribution in [3.05, 3.63) is 17.5 Å². The van der Waals surface area contributed by atoms with Gasteiger partial charge in [-0.15, -0.1) is 0 Å². The topological polar surface area (TPSA) is 57.8 Å². The van der Waals surface area contributed by atoms with Gasteiger partial charge in [0.25, 0.3) is 5.91 Å². The standard InChI is InChI=1S/C17H27N3O/c1-10(2)13-7-4-11(3)8-15(13)18-17(21)16-9-14(19-20-16)12-5-6-12/h9-13,15H,4-8H2,1-3H3,(H,18,21)(H,19,20). The molecule has 0 aliphatic heterocycles. The van der Waals surface area contributed by atoms with E-state index in [0.717, 1.165) is 12.1 Å². The molecule has 1 heterocycles. The van der Waals surface area contributed by atoms with E-state index in [2.05, 4.69) is 36.3 Å². The summed E-state index contributed by atoms with van der Waals surface area (Å²) in [4.78, 5) is 12.5. The van der Waals surface area contributed by atoms with Crippen LogP contribution >= 0.6 is 0 Å².